The number of carboxylic acid groups (broad SMARTS) is 1. The lowest BCUT2D eigenvalue weighted by atomic mass is 10.1. The molecule has 5 nitrogen and oxygen atoms in total. The van der Waals surface area contributed by atoms with Crippen LogP contribution in [0.15, 0.2) is 30.3 Å². The number of carbonyl (C=O) groups is 2. The number of rotatable bonds is 6. The van der Waals surface area contributed by atoms with Crippen molar-refractivity contribution >= 4 is 17.6 Å². The van der Waals surface area contributed by atoms with E-state index in [4.69, 9.17) is 5.11 Å². The zero-order valence-corrected chi connectivity index (χ0v) is 12.4. The molecule has 1 unspecified atom stereocenters. The molecule has 0 aromatic heterocycles. The average molecular weight is 290 g/mol. The fraction of sp³-hybridized carbons (Fsp3) is 0.500. The number of hydrogen-bond donors (Lipinski definition) is 1. The summed E-state index contributed by atoms with van der Waals surface area (Å²) >= 11 is 0. The number of amides is 1. The lowest BCUT2D eigenvalue weighted by Crippen LogP contribution is -2.41. The monoisotopic (exact) mass is 290 g/mol. The summed E-state index contributed by atoms with van der Waals surface area (Å²) in [6.07, 6.45) is 2.12. The van der Waals surface area contributed by atoms with Gasteiger partial charge in [-0.1, -0.05) is 25.1 Å². The van der Waals surface area contributed by atoms with Gasteiger partial charge in [0.15, 0.2) is 0 Å². The third-order valence-electron chi connectivity index (χ3n) is 3.82. The zero-order valence-electron chi connectivity index (χ0n) is 12.4. The second-order valence-corrected chi connectivity index (χ2v) is 5.54. The summed E-state index contributed by atoms with van der Waals surface area (Å²) in [5, 5.41) is 9.10. The number of aliphatic carboxylic acids is 1. The molecule has 2 rings (SSSR count). The second-order valence-electron chi connectivity index (χ2n) is 5.54. The van der Waals surface area contributed by atoms with E-state index in [9.17, 15) is 9.59 Å². The van der Waals surface area contributed by atoms with Crippen molar-refractivity contribution in [2.75, 3.05) is 31.1 Å². The summed E-state index contributed by atoms with van der Waals surface area (Å²) in [4.78, 5) is 27.1. The molecule has 0 bridgehead atoms. The van der Waals surface area contributed by atoms with Crippen LogP contribution >= 0.6 is 0 Å². The van der Waals surface area contributed by atoms with Gasteiger partial charge in [-0.15, -0.1) is 0 Å². The molecule has 0 radical (unpaired) electrons. The van der Waals surface area contributed by atoms with Gasteiger partial charge >= 0.3 is 5.97 Å². The van der Waals surface area contributed by atoms with Crippen molar-refractivity contribution in [3.63, 3.8) is 0 Å². The molecule has 1 aromatic carbocycles. The summed E-state index contributed by atoms with van der Waals surface area (Å²) in [7, 11) is 0. The van der Waals surface area contributed by atoms with Gasteiger partial charge in [-0.3, -0.25) is 9.59 Å². The van der Waals surface area contributed by atoms with Crippen molar-refractivity contribution in [1.82, 2.24) is 4.90 Å². The molecular formula is C16H22N2O3. The highest BCUT2D eigenvalue weighted by Gasteiger charge is 2.23. The summed E-state index contributed by atoms with van der Waals surface area (Å²) in [6, 6.07) is 9.52. The van der Waals surface area contributed by atoms with Crippen LogP contribution < -0.4 is 4.90 Å². The van der Waals surface area contributed by atoms with E-state index in [0.717, 1.165) is 31.6 Å². The van der Waals surface area contributed by atoms with Crippen molar-refractivity contribution in [3.05, 3.63) is 30.3 Å². The molecule has 1 heterocycles. The van der Waals surface area contributed by atoms with Gasteiger partial charge in [0.05, 0.1) is 12.5 Å². The van der Waals surface area contributed by atoms with Crippen LogP contribution in [0.5, 0.6) is 0 Å². The molecule has 1 atom stereocenters. The van der Waals surface area contributed by atoms with E-state index in [-0.39, 0.29) is 12.5 Å². The van der Waals surface area contributed by atoms with E-state index in [1.165, 1.54) is 0 Å². The first-order valence-corrected chi connectivity index (χ1v) is 7.38. The van der Waals surface area contributed by atoms with Gasteiger partial charge < -0.3 is 14.9 Å². The van der Waals surface area contributed by atoms with Crippen LogP contribution in [0, 0.1) is 5.92 Å². The number of benzene rings is 1. The van der Waals surface area contributed by atoms with Gasteiger partial charge in [-0.2, -0.15) is 0 Å². The molecule has 1 aliphatic heterocycles. The molecule has 1 aliphatic rings. The Balaban J connectivity index is 2.07. The van der Waals surface area contributed by atoms with E-state index < -0.39 is 11.9 Å². The minimum atomic E-state index is -0.843. The number of hydrogen-bond acceptors (Lipinski definition) is 3. The molecule has 1 amide bonds. The van der Waals surface area contributed by atoms with Crippen LogP contribution in [0.1, 0.15) is 19.8 Å². The predicted octanol–water partition coefficient (Wildman–Crippen LogP) is 1.84. The number of likely N-dealkylation sites (tertiary alicyclic amines) is 1. The SMILES string of the molecule is CC(CN(CC(=O)N1CCCC1)c1ccccc1)C(=O)O. The predicted molar refractivity (Wildman–Crippen MR) is 81.3 cm³/mol. The molecule has 5 heteroatoms. The van der Waals surface area contributed by atoms with E-state index in [1.807, 2.05) is 40.1 Å². The maximum absolute atomic E-state index is 12.3. The molecule has 0 spiro atoms. The van der Waals surface area contributed by atoms with Gasteiger partial charge in [-0.25, -0.2) is 0 Å². The Bertz CT molecular complexity index is 484. The third kappa shape index (κ3) is 4.21. The molecule has 1 fully saturated rings. The standard InChI is InChI=1S/C16H22N2O3/c1-13(16(20)21)11-18(14-7-3-2-4-8-14)12-15(19)17-9-5-6-10-17/h2-4,7-8,13H,5-6,9-12H2,1H3,(H,20,21). The number of nitrogens with zero attached hydrogens (tertiary/aromatic N) is 2. The van der Waals surface area contributed by atoms with Gasteiger partial charge in [0.25, 0.3) is 0 Å². The van der Waals surface area contributed by atoms with E-state index in [2.05, 4.69) is 0 Å². The Morgan fingerprint density at radius 1 is 1.24 bits per heavy atom. The van der Waals surface area contributed by atoms with Gasteiger partial charge in [0.2, 0.25) is 5.91 Å². The van der Waals surface area contributed by atoms with Gasteiger partial charge in [0, 0.05) is 25.3 Å². The number of anilines is 1. The lowest BCUT2D eigenvalue weighted by Gasteiger charge is -2.28. The first-order valence-electron chi connectivity index (χ1n) is 7.38. The van der Waals surface area contributed by atoms with Crippen LogP contribution in [-0.2, 0) is 9.59 Å². The average Bonchev–Trinajstić information content (AvgIpc) is 3.01. The summed E-state index contributed by atoms with van der Waals surface area (Å²) in [5.74, 6) is -1.28. The third-order valence-corrected chi connectivity index (χ3v) is 3.82. The van der Waals surface area contributed by atoms with Crippen molar-refractivity contribution in [2.45, 2.75) is 19.8 Å². The highest BCUT2D eigenvalue weighted by molar-refractivity contribution is 5.82. The quantitative estimate of drug-likeness (QED) is 0.868. The lowest BCUT2D eigenvalue weighted by molar-refractivity contribution is -0.141. The van der Waals surface area contributed by atoms with Gasteiger partial charge in [-0.05, 0) is 25.0 Å². The summed E-state index contributed by atoms with van der Waals surface area (Å²) in [5.41, 5.74) is 0.887. The zero-order chi connectivity index (χ0) is 15.2. The van der Waals surface area contributed by atoms with Crippen LogP contribution in [0.2, 0.25) is 0 Å². The summed E-state index contributed by atoms with van der Waals surface area (Å²) < 4.78 is 0. The number of para-hydroxylation sites is 1. The Labute approximate surface area is 125 Å². The molecule has 1 saturated heterocycles. The number of carbonyl (C=O) groups excluding carboxylic acids is 1. The Hall–Kier alpha value is -2.04. The van der Waals surface area contributed by atoms with Crippen molar-refractivity contribution in [1.29, 1.82) is 0 Å². The van der Waals surface area contributed by atoms with Crippen LogP contribution in [0.25, 0.3) is 0 Å². The van der Waals surface area contributed by atoms with Crippen LogP contribution in [-0.4, -0.2) is 48.1 Å². The molecule has 114 valence electrons. The fourth-order valence-corrected chi connectivity index (χ4v) is 2.54. The molecule has 0 aliphatic carbocycles. The first-order chi connectivity index (χ1) is 10.1. The van der Waals surface area contributed by atoms with E-state index >= 15 is 0 Å². The normalized spacial score (nSPS) is 15.8. The molecule has 0 saturated carbocycles. The van der Waals surface area contributed by atoms with Crippen molar-refractivity contribution in [2.24, 2.45) is 5.92 Å². The minimum Gasteiger partial charge on any atom is -0.481 e. The Morgan fingerprint density at radius 2 is 1.86 bits per heavy atom. The number of carboxylic acids is 1. The molecule has 1 N–H and O–H groups in total. The minimum absolute atomic E-state index is 0.0777. The molecule has 1 aromatic rings. The van der Waals surface area contributed by atoms with Crippen LogP contribution in [0.4, 0.5) is 5.69 Å². The smallest absolute Gasteiger partial charge is 0.308 e. The van der Waals surface area contributed by atoms with Gasteiger partial charge in [0.1, 0.15) is 0 Å². The van der Waals surface area contributed by atoms with E-state index in [0.29, 0.717) is 6.54 Å². The molecular weight excluding hydrogens is 268 g/mol. The Kier molecular flexibility index (Phi) is 5.20. The molecule has 21 heavy (non-hydrogen) atoms. The fourth-order valence-electron chi connectivity index (χ4n) is 2.54. The first kappa shape index (κ1) is 15.4. The second kappa shape index (κ2) is 7.11. The maximum Gasteiger partial charge on any atom is 0.308 e. The Morgan fingerprint density at radius 3 is 2.43 bits per heavy atom. The van der Waals surface area contributed by atoms with Crippen molar-refractivity contribution in [3.8, 4) is 0 Å². The maximum atomic E-state index is 12.3. The largest absolute Gasteiger partial charge is 0.481 e. The van der Waals surface area contributed by atoms with E-state index in [1.54, 1.807) is 6.92 Å². The van der Waals surface area contributed by atoms with Crippen LogP contribution in [0.3, 0.4) is 0 Å². The van der Waals surface area contributed by atoms with Crippen molar-refractivity contribution < 1.29 is 14.7 Å². The summed E-state index contributed by atoms with van der Waals surface area (Å²) in [6.45, 7) is 3.87. The highest BCUT2D eigenvalue weighted by atomic mass is 16.4. The topological polar surface area (TPSA) is 60.9 Å². The highest BCUT2D eigenvalue weighted by Crippen LogP contribution is 2.17.